The Morgan fingerprint density at radius 2 is 2.00 bits per heavy atom. The average molecular weight is 262 g/mol. The van der Waals surface area contributed by atoms with Gasteiger partial charge in [-0.3, -0.25) is 4.90 Å². The molecule has 1 N–H and O–H groups in total. The summed E-state index contributed by atoms with van der Waals surface area (Å²) in [5, 5.41) is 0. The van der Waals surface area contributed by atoms with Crippen molar-refractivity contribution in [2.24, 2.45) is 0 Å². The lowest BCUT2D eigenvalue weighted by Crippen LogP contribution is -2.40. The van der Waals surface area contributed by atoms with Gasteiger partial charge in [-0.2, -0.15) is 0 Å². The lowest BCUT2D eigenvalue weighted by atomic mass is 10.1. The van der Waals surface area contributed by atoms with Crippen molar-refractivity contribution in [1.82, 2.24) is 9.62 Å². The third-order valence-electron chi connectivity index (χ3n) is 3.57. The summed E-state index contributed by atoms with van der Waals surface area (Å²) in [5.74, 6) is 0.171. The Balaban J connectivity index is 2.37. The predicted molar refractivity (Wildman–Crippen MR) is 71.6 cm³/mol. The molecule has 0 aromatic rings. The van der Waals surface area contributed by atoms with Crippen LogP contribution in [0.3, 0.4) is 0 Å². The van der Waals surface area contributed by atoms with Crippen LogP contribution in [0.2, 0.25) is 0 Å². The molecule has 4 nitrogen and oxygen atoms in total. The van der Waals surface area contributed by atoms with Crippen LogP contribution in [0.1, 0.15) is 46.0 Å². The van der Waals surface area contributed by atoms with Gasteiger partial charge in [-0.25, -0.2) is 13.1 Å². The first-order valence-electron chi connectivity index (χ1n) is 6.80. The van der Waals surface area contributed by atoms with Crippen molar-refractivity contribution in [3.63, 3.8) is 0 Å². The molecule has 1 saturated heterocycles. The van der Waals surface area contributed by atoms with Crippen molar-refractivity contribution in [2.45, 2.75) is 52.0 Å². The van der Waals surface area contributed by atoms with Crippen molar-refractivity contribution < 1.29 is 8.42 Å². The highest BCUT2D eigenvalue weighted by Gasteiger charge is 2.19. The van der Waals surface area contributed by atoms with Crippen molar-refractivity contribution >= 4 is 10.0 Å². The summed E-state index contributed by atoms with van der Waals surface area (Å²) < 4.78 is 25.3. The van der Waals surface area contributed by atoms with Crippen LogP contribution in [0.4, 0.5) is 0 Å². The standard InChI is InChI=1S/C12H26N2O2S/c1-3-12-8-6-5-7-10-14(12)11-9-13-17(15,16)4-2/h12-13H,3-11H2,1-2H3/t12-/m1/s1. The van der Waals surface area contributed by atoms with Gasteiger partial charge in [-0.15, -0.1) is 0 Å². The molecule has 1 atom stereocenters. The molecule has 1 heterocycles. The Kier molecular flexibility index (Phi) is 6.44. The fourth-order valence-corrected chi connectivity index (χ4v) is 3.05. The van der Waals surface area contributed by atoms with Crippen molar-refractivity contribution in [1.29, 1.82) is 0 Å². The summed E-state index contributed by atoms with van der Waals surface area (Å²) >= 11 is 0. The van der Waals surface area contributed by atoms with Crippen LogP contribution in [0.5, 0.6) is 0 Å². The van der Waals surface area contributed by atoms with E-state index in [1.54, 1.807) is 6.92 Å². The molecule has 0 aromatic heterocycles. The maximum absolute atomic E-state index is 11.3. The van der Waals surface area contributed by atoms with Gasteiger partial charge >= 0.3 is 0 Å². The third-order valence-corrected chi connectivity index (χ3v) is 4.98. The molecule has 0 aromatic carbocycles. The van der Waals surface area contributed by atoms with E-state index in [-0.39, 0.29) is 5.75 Å². The van der Waals surface area contributed by atoms with Gasteiger partial charge in [-0.1, -0.05) is 19.8 Å². The molecule has 17 heavy (non-hydrogen) atoms. The lowest BCUT2D eigenvalue weighted by Gasteiger charge is -2.29. The van der Waals surface area contributed by atoms with E-state index in [4.69, 9.17) is 0 Å². The second kappa shape index (κ2) is 7.34. The predicted octanol–water partition coefficient (Wildman–Crippen LogP) is 1.58. The minimum absolute atomic E-state index is 0.171. The smallest absolute Gasteiger partial charge is 0.211 e. The monoisotopic (exact) mass is 262 g/mol. The maximum Gasteiger partial charge on any atom is 0.211 e. The largest absolute Gasteiger partial charge is 0.299 e. The number of sulfonamides is 1. The molecule has 1 rings (SSSR count). The quantitative estimate of drug-likeness (QED) is 0.790. The maximum atomic E-state index is 11.3. The van der Waals surface area contributed by atoms with E-state index in [0.717, 1.165) is 13.1 Å². The molecule has 0 spiro atoms. The van der Waals surface area contributed by atoms with Crippen LogP contribution < -0.4 is 4.72 Å². The zero-order chi connectivity index (χ0) is 12.7. The normalized spacial score (nSPS) is 23.5. The van der Waals surface area contributed by atoms with Crippen molar-refractivity contribution in [3.8, 4) is 0 Å². The number of likely N-dealkylation sites (tertiary alicyclic amines) is 1. The highest BCUT2D eigenvalue weighted by Crippen LogP contribution is 2.18. The zero-order valence-corrected chi connectivity index (χ0v) is 11.9. The molecule has 0 unspecified atom stereocenters. The topological polar surface area (TPSA) is 49.4 Å². The summed E-state index contributed by atoms with van der Waals surface area (Å²) in [5.41, 5.74) is 0. The first-order chi connectivity index (χ1) is 8.09. The minimum atomic E-state index is -3.03. The summed E-state index contributed by atoms with van der Waals surface area (Å²) in [6.07, 6.45) is 6.30. The Morgan fingerprint density at radius 1 is 1.24 bits per heavy atom. The van der Waals surface area contributed by atoms with E-state index in [2.05, 4.69) is 16.5 Å². The zero-order valence-electron chi connectivity index (χ0n) is 11.1. The van der Waals surface area contributed by atoms with E-state index in [1.807, 2.05) is 0 Å². The summed E-state index contributed by atoms with van der Waals surface area (Å²) in [6, 6.07) is 0.642. The molecule has 1 fully saturated rings. The van der Waals surface area contributed by atoms with Gasteiger partial charge in [0.05, 0.1) is 5.75 Å². The van der Waals surface area contributed by atoms with Crippen LogP contribution >= 0.6 is 0 Å². The molecule has 0 aliphatic carbocycles. The second-order valence-electron chi connectivity index (χ2n) is 4.75. The number of nitrogens with zero attached hydrogens (tertiary/aromatic N) is 1. The SMILES string of the molecule is CC[C@@H]1CCCCCN1CCNS(=O)(=O)CC. The molecular weight excluding hydrogens is 236 g/mol. The van der Waals surface area contributed by atoms with E-state index in [0.29, 0.717) is 12.6 Å². The molecule has 5 heteroatoms. The molecular formula is C12H26N2O2S. The third kappa shape index (κ3) is 5.36. The van der Waals surface area contributed by atoms with Crippen LogP contribution in [0.15, 0.2) is 0 Å². The highest BCUT2D eigenvalue weighted by atomic mass is 32.2. The first kappa shape index (κ1) is 14.9. The fraction of sp³-hybridized carbons (Fsp3) is 1.00. The molecule has 1 aliphatic rings. The highest BCUT2D eigenvalue weighted by molar-refractivity contribution is 7.89. The van der Waals surface area contributed by atoms with Gasteiger partial charge in [0.15, 0.2) is 0 Å². The molecule has 102 valence electrons. The number of rotatable bonds is 6. The van der Waals surface area contributed by atoms with Gasteiger partial charge < -0.3 is 0 Å². The fourth-order valence-electron chi connectivity index (χ4n) is 2.44. The number of nitrogens with one attached hydrogen (secondary N) is 1. The van der Waals surface area contributed by atoms with Gasteiger partial charge in [0.1, 0.15) is 0 Å². The number of hydrogen-bond acceptors (Lipinski definition) is 3. The van der Waals surface area contributed by atoms with E-state index < -0.39 is 10.0 Å². The minimum Gasteiger partial charge on any atom is -0.299 e. The summed E-state index contributed by atoms with van der Waals surface area (Å²) in [4.78, 5) is 2.45. The van der Waals surface area contributed by atoms with Gasteiger partial charge in [0.2, 0.25) is 10.0 Å². The molecule has 0 bridgehead atoms. The van der Waals surface area contributed by atoms with Gasteiger partial charge in [0.25, 0.3) is 0 Å². The second-order valence-corrected chi connectivity index (χ2v) is 6.84. The van der Waals surface area contributed by atoms with Crippen LogP contribution in [-0.2, 0) is 10.0 Å². The molecule has 0 amide bonds. The summed E-state index contributed by atoms with van der Waals surface area (Å²) in [7, 11) is -3.03. The van der Waals surface area contributed by atoms with Crippen molar-refractivity contribution in [2.75, 3.05) is 25.4 Å². The van der Waals surface area contributed by atoms with Gasteiger partial charge in [-0.05, 0) is 32.7 Å². The van der Waals surface area contributed by atoms with Crippen LogP contribution in [0, 0.1) is 0 Å². The van der Waals surface area contributed by atoms with Gasteiger partial charge in [0, 0.05) is 19.1 Å². The van der Waals surface area contributed by atoms with Crippen LogP contribution in [-0.4, -0.2) is 44.7 Å². The average Bonchev–Trinajstić information content (AvgIpc) is 2.54. The first-order valence-corrected chi connectivity index (χ1v) is 8.45. The Morgan fingerprint density at radius 3 is 2.65 bits per heavy atom. The van der Waals surface area contributed by atoms with E-state index >= 15 is 0 Å². The van der Waals surface area contributed by atoms with Crippen LogP contribution in [0.25, 0.3) is 0 Å². The van der Waals surface area contributed by atoms with Crippen molar-refractivity contribution in [3.05, 3.63) is 0 Å². The molecule has 0 saturated carbocycles. The lowest BCUT2D eigenvalue weighted by molar-refractivity contribution is 0.198. The van der Waals surface area contributed by atoms with E-state index in [9.17, 15) is 8.42 Å². The Labute approximate surface area is 106 Å². The molecule has 0 radical (unpaired) electrons. The number of hydrogen-bond donors (Lipinski definition) is 1. The summed E-state index contributed by atoms with van der Waals surface area (Å²) in [6.45, 7) is 6.40. The van der Waals surface area contributed by atoms with E-state index in [1.165, 1.54) is 32.1 Å². The molecule has 1 aliphatic heterocycles. The Hall–Kier alpha value is -0.130. The Bertz CT molecular complexity index is 304.